The summed E-state index contributed by atoms with van der Waals surface area (Å²) < 4.78 is 0. The van der Waals surface area contributed by atoms with Gasteiger partial charge in [0.1, 0.15) is 6.04 Å². The molecule has 4 heteroatoms. The number of hydrogen-bond acceptors (Lipinski definition) is 2. The van der Waals surface area contributed by atoms with Crippen LogP contribution in [0.1, 0.15) is 41.0 Å². The highest BCUT2D eigenvalue weighted by molar-refractivity contribution is 6.04. The van der Waals surface area contributed by atoms with Gasteiger partial charge in [0, 0.05) is 5.54 Å². The van der Waals surface area contributed by atoms with Gasteiger partial charge in [-0.3, -0.25) is 9.69 Å². The van der Waals surface area contributed by atoms with Crippen LogP contribution in [0.25, 0.3) is 0 Å². The Kier molecular flexibility index (Phi) is 3.07. The van der Waals surface area contributed by atoms with Crippen molar-refractivity contribution in [1.29, 1.82) is 0 Å². The fraction of sp³-hybridized carbons (Fsp3) is 0.818. The van der Waals surface area contributed by atoms with E-state index < -0.39 is 5.54 Å². The molecule has 0 aromatic rings. The monoisotopic (exact) mass is 212 g/mol. The van der Waals surface area contributed by atoms with E-state index >= 15 is 0 Å². The third-order valence-corrected chi connectivity index (χ3v) is 2.40. The molecular formula is C11H20N2O2. The molecule has 1 N–H and O–H groups in total. The molecule has 86 valence electrons. The summed E-state index contributed by atoms with van der Waals surface area (Å²) >= 11 is 0. The molecule has 1 aliphatic rings. The summed E-state index contributed by atoms with van der Waals surface area (Å²) in [6.07, 6.45) is 0.706. The minimum Gasteiger partial charge on any atom is -0.326 e. The highest BCUT2D eigenvalue weighted by Gasteiger charge is 2.43. The second-order valence-electron chi connectivity index (χ2n) is 5.48. The van der Waals surface area contributed by atoms with Crippen LogP contribution in [0.3, 0.4) is 0 Å². The fourth-order valence-electron chi connectivity index (χ4n) is 1.80. The molecule has 0 radical (unpaired) electrons. The van der Waals surface area contributed by atoms with Gasteiger partial charge in [0.05, 0.1) is 0 Å². The SMILES string of the molecule is CC(C)CC1NC(=O)N(C(C)(C)C)C1=O. The summed E-state index contributed by atoms with van der Waals surface area (Å²) in [5, 5.41) is 2.73. The molecule has 1 heterocycles. The minimum atomic E-state index is -0.438. The standard InChI is InChI=1S/C11H20N2O2/c1-7(2)6-8-9(14)13(10(15)12-8)11(3,4)5/h7-8H,6H2,1-5H3,(H,12,15). The van der Waals surface area contributed by atoms with Crippen molar-refractivity contribution in [2.45, 2.75) is 52.6 Å². The first-order chi connectivity index (χ1) is 6.73. The predicted octanol–water partition coefficient (Wildman–Crippen LogP) is 1.75. The van der Waals surface area contributed by atoms with Gasteiger partial charge in [0.25, 0.3) is 5.91 Å². The number of carbonyl (C=O) groups is 2. The summed E-state index contributed by atoms with van der Waals surface area (Å²) in [5.74, 6) is 0.306. The Morgan fingerprint density at radius 1 is 1.33 bits per heavy atom. The summed E-state index contributed by atoms with van der Waals surface area (Å²) in [6, 6.07) is -0.602. The van der Waals surface area contributed by atoms with Crippen molar-refractivity contribution in [1.82, 2.24) is 10.2 Å². The molecule has 15 heavy (non-hydrogen) atoms. The van der Waals surface area contributed by atoms with Crippen LogP contribution in [0.15, 0.2) is 0 Å². The minimum absolute atomic E-state index is 0.0961. The fourth-order valence-corrected chi connectivity index (χ4v) is 1.80. The Morgan fingerprint density at radius 3 is 2.20 bits per heavy atom. The van der Waals surface area contributed by atoms with E-state index in [1.807, 2.05) is 34.6 Å². The molecule has 1 unspecified atom stereocenters. The zero-order valence-corrected chi connectivity index (χ0v) is 10.1. The third kappa shape index (κ3) is 2.49. The van der Waals surface area contributed by atoms with Crippen LogP contribution in [0, 0.1) is 5.92 Å². The lowest BCUT2D eigenvalue weighted by atomic mass is 10.0. The van der Waals surface area contributed by atoms with Crippen molar-refractivity contribution in [3.8, 4) is 0 Å². The van der Waals surface area contributed by atoms with Crippen molar-refractivity contribution in [3.05, 3.63) is 0 Å². The van der Waals surface area contributed by atoms with Gasteiger partial charge in [-0.15, -0.1) is 0 Å². The molecule has 0 spiro atoms. The van der Waals surface area contributed by atoms with E-state index in [0.29, 0.717) is 12.3 Å². The summed E-state index contributed by atoms with van der Waals surface area (Å²) in [6.45, 7) is 9.67. The maximum atomic E-state index is 11.9. The number of urea groups is 1. The van der Waals surface area contributed by atoms with Gasteiger partial charge < -0.3 is 5.32 Å². The van der Waals surface area contributed by atoms with Crippen LogP contribution >= 0.6 is 0 Å². The topological polar surface area (TPSA) is 49.4 Å². The molecule has 1 saturated heterocycles. The van der Waals surface area contributed by atoms with Gasteiger partial charge in [-0.1, -0.05) is 13.8 Å². The molecule has 0 aromatic heterocycles. The molecule has 0 saturated carbocycles. The average molecular weight is 212 g/mol. The van der Waals surface area contributed by atoms with Gasteiger partial charge in [-0.25, -0.2) is 4.79 Å². The predicted molar refractivity (Wildman–Crippen MR) is 58.4 cm³/mol. The molecule has 0 bridgehead atoms. The zero-order valence-electron chi connectivity index (χ0n) is 10.1. The van der Waals surface area contributed by atoms with Crippen LogP contribution < -0.4 is 5.32 Å². The summed E-state index contributed by atoms with van der Waals surface area (Å²) in [4.78, 5) is 24.9. The molecule has 3 amide bonds. The number of amides is 3. The Labute approximate surface area is 91.0 Å². The lowest BCUT2D eigenvalue weighted by Gasteiger charge is -2.28. The number of hydrogen-bond donors (Lipinski definition) is 1. The lowest BCUT2D eigenvalue weighted by Crippen LogP contribution is -2.46. The van der Waals surface area contributed by atoms with Gasteiger partial charge in [0.2, 0.25) is 0 Å². The number of rotatable bonds is 2. The highest BCUT2D eigenvalue weighted by atomic mass is 16.2. The normalized spacial score (nSPS) is 22.5. The summed E-state index contributed by atoms with van der Waals surface area (Å²) in [5.41, 5.74) is -0.438. The van der Waals surface area contributed by atoms with Gasteiger partial charge >= 0.3 is 6.03 Å². The molecular weight excluding hydrogens is 192 g/mol. The maximum Gasteiger partial charge on any atom is 0.325 e. The smallest absolute Gasteiger partial charge is 0.325 e. The number of nitrogens with zero attached hydrogens (tertiary/aromatic N) is 1. The largest absolute Gasteiger partial charge is 0.326 e. The lowest BCUT2D eigenvalue weighted by molar-refractivity contribution is -0.130. The van der Waals surface area contributed by atoms with Crippen LogP contribution in [0.5, 0.6) is 0 Å². The van der Waals surface area contributed by atoms with E-state index in [1.54, 1.807) is 0 Å². The van der Waals surface area contributed by atoms with E-state index in [2.05, 4.69) is 5.32 Å². The molecule has 1 fully saturated rings. The molecule has 1 atom stereocenters. The zero-order chi connectivity index (χ0) is 11.8. The van der Waals surface area contributed by atoms with Gasteiger partial charge in [-0.2, -0.15) is 0 Å². The Hall–Kier alpha value is -1.06. The van der Waals surface area contributed by atoms with Crippen molar-refractivity contribution in [2.24, 2.45) is 5.92 Å². The molecule has 0 aliphatic carbocycles. The summed E-state index contributed by atoms with van der Waals surface area (Å²) in [7, 11) is 0. The maximum absolute atomic E-state index is 11.9. The number of nitrogens with one attached hydrogen (secondary N) is 1. The van der Waals surface area contributed by atoms with Crippen molar-refractivity contribution >= 4 is 11.9 Å². The van der Waals surface area contributed by atoms with Crippen LogP contribution in [0.4, 0.5) is 4.79 Å². The van der Waals surface area contributed by atoms with Crippen LogP contribution in [-0.4, -0.2) is 28.4 Å². The first kappa shape index (κ1) is 12.0. The Bertz CT molecular complexity index is 279. The molecule has 1 aliphatic heterocycles. The van der Waals surface area contributed by atoms with E-state index in [-0.39, 0.29) is 18.0 Å². The number of carbonyl (C=O) groups excluding carboxylic acids is 2. The van der Waals surface area contributed by atoms with Crippen molar-refractivity contribution in [2.75, 3.05) is 0 Å². The Balaban J connectivity index is 2.80. The average Bonchev–Trinajstić information content (AvgIpc) is 2.23. The second kappa shape index (κ2) is 3.83. The quantitative estimate of drug-likeness (QED) is 0.709. The van der Waals surface area contributed by atoms with Crippen LogP contribution in [-0.2, 0) is 4.79 Å². The first-order valence-corrected chi connectivity index (χ1v) is 5.38. The Morgan fingerprint density at radius 2 is 1.87 bits per heavy atom. The van der Waals surface area contributed by atoms with Gasteiger partial charge in [0.15, 0.2) is 0 Å². The molecule has 4 nitrogen and oxygen atoms in total. The third-order valence-electron chi connectivity index (χ3n) is 2.40. The highest BCUT2D eigenvalue weighted by Crippen LogP contribution is 2.22. The molecule has 1 rings (SSSR count). The van der Waals surface area contributed by atoms with E-state index in [4.69, 9.17) is 0 Å². The van der Waals surface area contributed by atoms with Gasteiger partial charge in [-0.05, 0) is 33.1 Å². The van der Waals surface area contributed by atoms with E-state index in [9.17, 15) is 9.59 Å². The van der Waals surface area contributed by atoms with E-state index in [1.165, 1.54) is 4.90 Å². The first-order valence-electron chi connectivity index (χ1n) is 5.38. The van der Waals surface area contributed by atoms with Crippen LogP contribution in [0.2, 0.25) is 0 Å². The molecule has 0 aromatic carbocycles. The second-order valence-corrected chi connectivity index (χ2v) is 5.48. The van der Waals surface area contributed by atoms with Crippen molar-refractivity contribution < 1.29 is 9.59 Å². The number of imide groups is 1. The van der Waals surface area contributed by atoms with E-state index in [0.717, 1.165) is 0 Å². The van der Waals surface area contributed by atoms with Crippen molar-refractivity contribution in [3.63, 3.8) is 0 Å².